The van der Waals surface area contributed by atoms with Crippen molar-refractivity contribution >= 4 is 21.9 Å². The van der Waals surface area contributed by atoms with E-state index in [4.69, 9.17) is 10.5 Å². The number of hydrogen-bond acceptors (Lipinski definition) is 5. The minimum absolute atomic E-state index is 0.320. The van der Waals surface area contributed by atoms with E-state index in [1.807, 2.05) is 0 Å². The molecule has 2 N–H and O–H groups in total. The monoisotopic (exact) mass is 300 g/mol. The van der Waals surface area contributed by atoms with Gasteiger partial charge in [-0.15, -0.1) is 0 Å². The van der Waals surface area contributed by atoms with Crippen molar-refractivity contribution in [1.82, 2.24) is 9.97 Å². The Hall–Kier alpha value is -0.880. The summed E-state index contributed by atoms with van der Waals surface area (Å²) in [6.45, 7) is 3.80. The summed E-state index contributed by atoms with van der Waals surface area (Å²) in [6, 6.07) is 0.320. The Bertz CT molecular complexity index is 401. The molecule has 1 aliphatic rings. The number of nitrogens with zero attached hydrogens (tertiary/aromatic N) is 3. The topological polar surface area (TPSA) is 64.3 Å². The van der Waals surface area contributed by atoms with Gasteiger partial charge in [-0.2, -0.15) is 4.98 Å². The molecule has 1 aromatic heterocycles. The van der Waals surface area contributed by atoms with Gasteiger partial charge in [-0.25, -0.2) is 4.98 Å². The van der Waals surface area contributed by atoms with E-state index in [2.05, 4.69) is 37.7 Å². The van der Waals surface area contributed by atoms with Crippen LogP contribution in [0, 0.1) is 5.92 Å². The van der Waals surface area contributed by atoms with Gasteiger partial charge in [-0.05, 0) is 28.3 Å². The van der Waals surface area contributed by atoms with E-state index in [0.717, 1.165) is 17.4 Å². The van der Waals surface area contributed by atoms with Crippen LogP contribution in [0.4, 0.5) is 5.95 Å². The predicted octanol–water partition coefficient (Wildman–Crippen LogP) is 1.42. The summed E-state index contributed by atoms with van der Waals surface area (Å²) in [4.78, 5) is 10.9. The SMILES string of the molecule is COc1nc(N2CCC(C)C2CN)ncc1Br. The average Bonchev–Trinajstić information content (AvgIpc) is 2.71. The minimum atomic E-state index is 0.320. The maximum atomic E-state index is 5.81. The van der Waals surface area contributed by atoms with E-state index >= 15 is 0 Å². The van der Waals surface area contributed by atoms with Gasteiger partial charge < -0.3 is 15.4 Å². The largest absolute Gasteiger partial charge is 0.480 e. The lowest BCUT2D eigenvalue weighted by molar-refractivity contribution is 0.393. The fraction of sp³-hybridized carbons (Fsp3) is 0.636. The van der Waals surface area contributed by atoms with Crippen LogP contribution in [0.25, 0.3) is 0 Å². The molecule has 2 atom stereocenters. The third-order valence-corrected chi connectivity index (χ3v) is 3.82. The molecular weight excluding hydrogens is 284 g/mol. The van der Waals surface area contributed by atoms with Crippen molar-refractivity contribution in [3.8, 4) is 5.88 Å². The number of methoxy groups -OCH3 is 1. The predicted molar refractivity (Wildman–Crippen MR) is 70.3 cm³/mol. The Morgan fingerprint density at radius 2 is 2.41 bits per heavy atom. The molecule has 1 fully saturated rings. The molecule has 2 rings (SSSR count). The molecule has 1 saturated heterocycles. The van der Waals surface area contributed by atoms with Crippen molar-refractivity contribution in [2.24, 2.45) is 11.7 Å². The molecule has 0 saturated carbocycles. The summed E-state index contributed by atoms with van der Waals surface area (Å²) in [5.41, 5.74) is 5.81. The lowest BCUT2D eigenvalue weighted by Gasteiger charge is -2.25. The first kappa shape index (κ1) is 12.6. The first-order valence-electron chi connectivity index (χ1n) is 5.70. The van der Waals surface area contributed by atoms with Gasteiger partial charge in [0.2, 0.25) is 11.8 Å². The molecule has 6 heteroatoms. The van der Waals surface area contributed by atoms with Crippen LogP contribution in [0.15, 0.2) is 10.7 Å². The van der Waals surface area contributed by atoms with Crippen LogP contribution in [0.5, 0.6) is 5.88 Å². The van der Waals surface area contributed by atoms with Gasteiger partial charge >= 0.3 is 0 Å². The Kier molecular flexibility index (Phi) is 3.83. The van der Waals surface area contributed by atoms with E-state index in [-0.39, 0.29) is 0 Å². The molecule has 0 bridgehead atoms. The third kappa shape index (κ3) is 2.37. The molecule has 17 heavy (non-hydrogen) atoms. The first-order valence-corrected chi connectivity index (χ1v) is 6.50. The summed E-state index contributed by atoms with van der Waals surface area (Å²) in [5, 5.41) is 0. The smallest absolute Gasteiger partial charge is 0.232 e. The van der Waals surface area contributed by atoms with Crippen LogP contribution in [-0.4, -0.2) is 36.2 Å². The minimum Gasteiger partial charge on any atom is -0.480 e. The van der Waals surface area contributed by atoms with Crippen molar-refractivity contribution in [3.63, 3.8) is 0 Å². The second kappa shape index (κ2) is 5.18. The number of ether oxygens (including phenoxy) is 1. The van der Waals surface area contributed by atoms with Gasteiger partial charge in [0.1, 0.15) is 0 Å². The molecule has 94 valence electrons. The molecule has 0 aliphatic carbocycles. The molecule has 0 aromatic carbocycles. The second-order valence-electron chi connectivity index (χ2n) is 4.29. The molecule has 1 aromatic rings. The maximum Gasteiger partial charge on any atom is 0.232 e. The Morgan fingerprint density at radius 1 is 1.65 bits per heavy atom. The van der Waals surface area contributed by atoms with Crippen LogP contribution in [-0.2, 0) is 0 Å². The highest BCUT2D eigenvalue weighted by Gasteiger charge is 2.31. The lowest BCUT2D eigenvalue weighted by atomic mass is 10.0. The molecule has 5 nitrogen and oxygen atoms in total. The molecular formula is C11H17BrN4O. The number of anilines is 1. The maximum absolute atomic E-state index is 5.81. The molecule has 2 heterocycles. The Balaban J connectivity index is 2.28. The van der Waals surface area contributed by atoms with Gasteiger partial charge in [0.25, 0.3) is 0 Å². The van der Waals surface area contributed by atoms with Gasteiger partial charge in [-0.3, -0.25) is 0 Å². The number of rotatable bonds is 3. The summed E-state index contributed by atoms with van der Waals surface area (Å²) < 4.78 is 5.95. The summed E-state index contributed by atoms with van der Waals surface area (Å²) in [5.74, 6) is 1.84. The summed E-state index contributed by atoms with van der Waals surface area (Å²) >= 11 is 3.35. The van der Waals surface area contributed by atoms with Gasteiger partial charge in [0.15, 0.2) is 0 Å². The van der Waals surface area contributed by atoms with E-state index in [0.29, 0.717) is 30.3 Å². The van der Waals surface area contributed by atoms with Crippen molar-refractivity contribution in [2.45, 2.75) is 19.4 Å². The fourth-order valence-corrected chi connectivity index (χ4v) is 2.59. The van der Waals surface area contributed by atoms with Crippen LogP contribution >= 0.6 is 15.9 Å². The number of nitrogens with two attached hydrogens (primary N) is 1. The molecule has 0 radical (unpaired) electrons. The quantitative estimate of drug-likeness (QED) is 0.915. The number of halogens is 1. The van der Waals surface area contributed by atoms with Crippen LogP contribution in [0.3, 0.4) is 0 Å². The summed E-state index contributed by atoms with van der Waals surface area (Å²) in [6.07, 6.45) is 2.85. The molecule has 1 aliphatic heterocycles. The number of hydrogen-bond donors (Lipinski definition) is 1. The van der Waals surface area contributed by atoms with Gasteiger partial charge in [0.05, 0.1) is 17.8 Å². The van der Waals surface area contributed by atoms with Crippen LogP contribution < -0.4 is 15.4 Å². The molecule has 0 spiro atoms. The van der Waals surface area contributed by atoms with Crippen molar-refractivity contribution in [1.29, 1.82) is 0 Å². The highest BCUT2D eigenvalue weighted by molar-refractivity contribution is 9.10. The highest BCUT2D eigenvalue weighted by atomic mass is 79.9. The van der Waals surface area contributed by atoms with Crippen molar-refractivity contribution in [2.75, 3.05) is 25.1 Å². The van der Waals surface area contributed by atoms with Gasteiger partial charge in [0, 0.05) is 19.1 Å². The third-order valence-electron chi connectivity index (χ3n) is 3.27. The van der Waals surface area contributed by atoms with Gasteiger partial charge in [-0.1, -0.05) is 6.92 Å². The second-order valence-corrected chi connectivity index (χ2v) is 5.14. The highest BCUT2D eigenvalue weighted by Crippen LogP contribution is 2.29. The lowest BCUT2D eigenvalue weighted by Crippen LogP contribution is -2.39. The van der Waals surface area contributed by atoms with Crippen molar-refractivity contribution < 1.29 is 4.74 Å². The Morgan fingerprint density at radius 3 is 3.06 bits per heavy atom. The standard InChI is InChI=1S/C11H17BrN4O/c1-7-3-4-16(9(7)5-13)11-14-6-8(12)10(15-11)17-2/h6-7,9H,3-5,13H2,1-2H3. The zero-order chi connectivity index (χ0) is 12.4. The zero-order valence-electron chi connectivity index (χ0n) is 10.1. The fourth-order valence-electron chi connectivity index (χ4n) is 2.24. The van der Waals surface area contributed by atoms with E-state index in [9.17, 15) is 0 Å². The number of aromatic nitrogens is 2. The zero-order valence-corrected chi connectivity index (χ0v) is 11.6. The van der Waals surface area contributed by atoms with E-state index in [1.54, 1.807) is 13.3 Å². The molecule has 0 amide bonds. The molecule has 2 unspecified atom stereocenters. The van der Waals surface area contributed by atoms with Crippen LogP contribution in [0.2, 0.25) is 0 Å². The summed E-state index contributed by atoms with van der Waals surface area (Å²) in [7, 11) is 1.60. The van der Waals surface area contributed by atoms with E-state index in [1.165, 1.54) is 0 Å². The average molecular weight is 301 g/mol. The Labute approximate surface area is 110 Å². The van der Waals surface area contributed by atoms with E-state index < -0.39 is 0 Å². The van der Waals surface area contributed by atoms with Crippen LogP contribution in [0.1, 0.15) is 13.3 Å². The normalized spacial score (nSPS) is 24.1. The first-order chi connectivity index (χ1) is 8.17. The van der Waals surface area contributed by atoms with Crippen molar-refractivity contribution in [3.05, 3.63) is 10.7 Å².